The molecule has 0 atom stereocenters. The Morgan fingerprint density at radius 1 is 1.53 bits per heavy atom. The van der Waals surface area contributed by atoms with Crippen LogP contribution in [0.1, 0.15) is 38.4 Å². The Bertz CT molecular complexity index is 415. The first-order chi connectivity index (χ1) is 9.19. The summed E-state index contributed by atoms with van der Waals surface area (Å²) in [5.41, 5.74) is 0. The zero-order valence-electron chi connectivity index (χ0n) is 11.2. The number of aromatic nitrogens is 4. The zero-order valence-corrected chi connectivity index (χ0v) is 11.2. The van der Waals surface area contributed by atoms with Gasteiger partial charge in [-0.3, -0.25) is 4.79 Å². The minimum atomic E-state index is -0.784. The molecule has 2 rings (SSSR count). The molecule has 1 aromatic heterocycles. The fourth-order valence-electron chi connectivity index (χ4n) is 2.39. The van der Waals surface area contributed by atoms with Crippen LogP contribution < -0.4 is 0 Å². The lowest BCUT2D eigenvalue weighted by Crippen LogP contribution is -2.33. The van der Waals surface area contributed by atoms with Crippen molar-refractivity contribution < 1.29 is 14.6 Å². The molecule has 7 heteroatoms. The van der Waals surface area contributed by atoms with Crippen LogP contribution in [0.5, 0.6) is 0 Å². The SMILES string of the molecule is CCOC1CC(Cc2nnnn2CCCC(=O)O)C1. The third-order valence-corrected chi connectivity index (χ3v) is 3.43. The monoisotopic (exact) mass is 268 g/mol. The third kappa shape index (κ3) is 3.99. The highest BCUT2D eigenvalue weighted by atomic mass is 16.5. The molecule has 1 aliphatic carbocycles. The van der Waals surface area contributed by atoms with E-state index >= 15 is 0 Å². The number of carboxylic acids is 1. The molecule has 0 amide bonds. The second kappa shape index (κ2) is 6.60. The average Bonchev–Trinajstić information content (AvgIpc) is 2.74. The van der Waals surface area contributed by atoms with Crippen molar-refractivity contribution in [3.8, 4) is 0 Å². The summed E-state index contributed by atoms with van der Waals surface area (Å²) in [5, 5.41) is 20.2. The number of rotatable bonds is 8. The molecule has 19 heavy (non-hydrogen) atoms. The molecule has 0 aliphatic heterocycles. The van der Waals surface area contributed by atoms with Gasteiger partial charge in [0, 0.05) is 26.0 Å². The van der Waals surface area contributed by atoms with Crippen molar-refractivity contribution >= 4 is 5.97 Å². The van der Waals surface area contributed by atoms with E-state index in [4.69, 9.17) is 9.84 Å². The fraction of sp³-hybridized carbons (Fsp3) is 0.833. The maximum absolute atomic E-state index is 10.5. The molecule has 0 spiro atoms. The predicted octanol–water partition coefficient (Wildman–Crippen LogP) is 0.895. The molecule has 1 aliphatic rings. The van der Waals surface area contributed by atoms with E-state index in [1.165, 1.54) is 0 Å². The van der Waals surface area contributed by atoms with Crippen molar-refractivity contribution in [2.45, 2.75) is 51.7 Å². The molecule has 0 aromatic carbocycles. The minimum absolute atomic E-state index is 0.148. The summed E-state index contributed by atoms with van der Waals surface area (Å²) in [4.78, 5) is 10.5. The van der Waals surface area contributed by atoms with Crippen LogP contribution in [0.4, 0.5) is 0 Å². The van der Waals surface area contributed by atoms with E-state index < -0.39 is 5.97 Å². The van der Waals surface area contributed by atoms with Crippen LogP contribution in [0.3, 0.4) is 0 Å². The summed E-state index contributed by atoms with van der Waals surface area (Å²) in [6, 6.07) is 0. The van der Waals surface area contributed by atoms with Crippen LogP contribution in [0.2, 0.25) is 0 Å². The van der Waals surface area contributed by atoms with Gasteiger partial charge >= 0.3 is 5.97 Å². The maximum Gasteiger partial charge on any atom is 0.303 e. The summed E-state index contributed by atoms with van der Waals surface area (Å²) in [5.74, 6) is 0.652. The topological polar surface area (TPSA) is 90.1 Å². The standard InChI is InChI=1S/C12H20N4O3/c1-2-19-10-6-9(7-10)8-11-13-14-15-16(11)5-3-4-12(17)18/h9-10H,2-8H2,1H3,(H,17,18). The van der Waals surface area contributed by atoms with Crippen LogP contribution >= 0.6 is 0 Å². The van der Waals surface area contributed by atoms with Gasteiger partial charge in [0.15, 0.2) is 5.82 Å². The highest BCUT2D eigenvalue weighted by molar-refractivity contribution is 5.66. The van der Waals surface area contributed by atoms with Gasteiger partial charge in [-0.15, -0.1) is 5.10 Å². The summed E-state index contributed by atoms with van der Waals surface area (Å²) in [6.45, 7) is 3.34. The van der Waals surface area contributed by atoms with E-state index in [-0.39, 0.29) is 6.42 Å². The van der Waals surface area contributed by atoms with Gasteiger partial charge in [0.05, 0.1) is 6.10 Å². The molecule has 106 valence electrons. The fourth-order valence-corrected chi connectivity index (χ4v) is 2.39. The molecule has 1 fully saturated rings. The van der Waals surface area contributed by atoms with E-state index in [1.54, 1.807) is 4.68 Å². The van der Waals surface area contributed by atoms with E-state index in [0.29, 0.717) is 25.0 Å². The quantitative estimate of drug-likeness (QED) is 0.753. The normalized spacial score (nSPS) is 22.2. The van der Waals surface area contributed by atoms with Crippen molar-refractivity contribution in [3.63, 3.8) is 0 Å². The largest absolute Gasteiger partial charge is 0.481 e. The van der Waals surface area contributed by atoms with Crippen LogP contribution in [-0.4, -0.2) is 44.0 Å². The highest BCUT2D eigenvalue weighted by Gasteiger charge is 2.30. The number of nitrogens with zero attached hydrogens (tertiary/aromatic N) is 4. The molecule has 1 saturated carbocycles. The Hall–Kier alpha value is -1.50. The molecule has 0 unspecified atom stereocenters. The highest BCUT2D eigenvalue weighted by Crippen LogP contribution is 2.32. The third-order valence-electron chi connectivity index (χ3n) is 3.43. The number of aryl methyl sites for hydroxylation is 1. The lowest BCUT2D eigenvalue weighted by molar-refractivity contribution is -0.137. The van der Waals surface area contributed by atoms with Gasteiger partial charge in [-0.25, -0.2) is 4.68 Å². The van der Waals surface area contributed by atoms with Crippen molar-refractivity contribution in [3.05, 3.63) is 5.82 Å². The molecular formula is C12H20N4O3. The number of hydrogen-bond acceptors (Lipinski definition) is 5. The lowest BCUT2D eigenvalue weighted by Gasteiger charge is -2.34. The summed E-state index contributed by atoms with van der Waals surface area (Å²) in [6.07, 6.45) is 4.08. The zero-order chi connectivity index (χ0) is 13.7. The van der Waals surface area contributed by atoms with Gasteiger partial charge in [-0.05, 0) is 42.5 Å². The average molecular weight is 268 g/mol. The molecule has 0 bridgehead atoms. The van der Waals surface area contributed by atoms with Gasteiger partial charge in [0.2, 0.25) is 0 Å². The van der Waals surface area contributed by atoms with Gasteiger partial charge in [-0.2, -0.15) is 0 Å². The molecule has 0 radical (unpaired) electrons. The van der Waals surface area contributed by atoms with Crippen molar-refractivity contribution in [1.29, 1.82) is 0 Å². The smallest absolute Gasteiger partial charge is 0.303 e. The van der Waals surface area contributed by atoms with Crippen molar-refractivity contribution in [2.24, 2.45) is 5.92 Å². The first kappa shape index (κ1) is 13.9. The first-order valence-corrected chi connectivity index (χ1v) is 6.77. The summed E-state index contributed by atoms with van der Waals surface area (Å²) < 4.78 is 7.24. The Kier molecular flexibility index (Phi) is 4.84. The van der Waals surface area contributed by atoms with Gasteiger partial charge in [0.25, 0.3) is 0 Å². The van der Waals surface area contributed by atoms with Crippen LogP contribution in [-0.2, 0) is 22.5 Å². The molecule has 1 heterocycles. The number of tetrazole rings is 1. The number of carboxylic acid groups (broad SMARTS) is 1. The minimum Gasteiger partial charge on any atom is -0.481 e. The van der Waals surface area contributed by atoms with E-state index in [0.717, 1.165) is 31.7 Å². The van der Waals surface area contributed by atoms with Crippen LogP contribution in [0.15, 0.2) is 0 Å². The molecule has 1 N–H and O–H groups in total. The second-order valence-electron chi connectivity index (χ2n) is 4.93. The van der Waals surface area contributed by atoms with Crippen LogP contribution in [0.25, 0.3) is 0 Å². The van der Waals surface area contributed by atoms with E-state index in [2.05, 4.69) is 15.5 Å². The van der Waals surface area contributed by atoms with Gasteiger partial charge in [-0.1, -0.05) is 0 Å². The van der Waals surface area contributed by atoms with Gasteiger partial charge < -0.3 is 9.84 Å². The molecular weight excluding hydrogens is 248 g/mol. The maximum atomic E-state index is 10.5. The molecule has 1 aromatic rings. The summed E-state index contributed by atoms with van der Waals surface area (Å²) >= 11 is 0. The van der Waals surface area contributed by atoms with Crippen molar-refractivity contribution in [2.75, 3.05) is 6.61 Å². The van der Waals surface area contributed by atoms with E-state index in [9.17, 15) is 4.79 Å². The molecule has 0 saturated heterocycles. The van der Waals surface area contributed by atoms with Crippen molar-refractivity contribution in [1.82, 2.24) is 20.2 Å². The van der Waals surface area contributed by atoms with Gasteiger partial charge in [0.1, 0.15) is 0 Å². The van der Waals surface area contributed by atoms with Crippen LogP contribution in [0, 0.1) is 5.92 Å². The Labute approximate surface area is 111 Å². The number of aliphatic carboxylic acids is 1. The Balaban J connectivity index is 1.75. The lowest BCUT2D eigenvalue weighted by atomic mass is 9.80. The second-order valence-corrected chi connectivity index (χ2v) is 4.93. The summed E-state index contributed by atoms with van der Waals surface area (Å²) in [7, 11) is 0. The number of hydrogen-bond donors (Lipinski definition) is 1. The Morgan fingerprint density at radius 2 is 2.32 bits per heavy atom. The number of ether oxygens (including phenoxy) is 1. The Morgan fingerprint density at radius 3 is 3.00 bits per heavy atom. The predicted molar refractivity (Wildman–Crippen MR) is 66.5 cm³/mol. The number of carbonyl (C=O) groups is 1. The van der Waals surface area contributed by atoms with E-state index in [1.807, 2.05) is 6.92 Å². The first-order valence-electron chi connectivity index (χ1n) is 6.77. The molecule has 7 nitrogen and oxygen atoms in total.